The van der Waals surface area contributed by atoms with E-state index >= 15 is 0 Å². The summed E-state index contributed by atoms with van der Waals surface area (Å²) in [6.07, 6.45) is 10.7. The van der Waals surface area contributed by atoms with Crippen molar-refractivity contribution in [1.29, 1.82) is 0 Å². The third-order valence-corrected chi connectivity index (χ3v) is 7.08. The van der Waals surface area contributed by atoms with Gasteiger partial charge in [0.1, 0.15) is 0 Å². The van der Waals surface area contributed by atoms with E-state index in [-0.39, 0.29) is 0 Å². The zero-order chi connectivity index (χ0) is 15.3. The van der Waals surface area contributed by atoms with Gasteiger partial charge in [0.15, 0.2) is 5.78 Å². The summed E-state index contributed by atoms with van der Waals surface area (Å²) in [5.41, 5.74) is 3.78. The summed E-state index contributed by atoms with van der Waals surface area (Å²) in [5, 5.41) is 0. The second-order valence-corrected chi connectivity index (χ2v) is 8.71. The molecule has 0 aromatic rings. The molecule has 3 rings (SSSR count). The Bertz CT molecular complexity index is 470. The molecule has 0 saturated heterocycles. The molecule has 0 aromatic heterocycles. The topological polar surface area (TPSA) is 17.1 Å². The molecule has 21 heavy (non-hydrogen) atoms. The van der Waals surface area contributed by atoms with Crippen LogP contribution in [-0.2, 0) is 4.79 Å². The van der Waals surface area contributed by atoms with E-state index in [2.05, 4.69) is 27.7 Å². The van der Waals surface area contributed by atoms with Crippen molar-refractivity contribution in [2.75, 3.05) is 0 Å². The summed E-state index contributed by atoms with van der Waals surface area (Å²) in [7, 11) is 0. The van der Waals surface area contributed by atoms with E-state index in [1.165, 1.54) is 37.7 Å². The van der Waals surface area contributed by atoms with Crippen molar-refractivity contribution in [3.63, 3.8) is 0 Å². The van der Waals surface area contributed by atoms with Crippen molar-refractivity contribution in [2.24, 2.45) is 22.7 Å². The van der Waals surface area contributed by atoms with E-state index < -0.39 is 0 Å². The molecule has 0 heterocycles. The summed E-state index contributed by atoms with van der Waals surface area (Å²) >= 11 is 0. The highest BCUT2D eigenvalue weighted by atomic mass is 16.1. The fourth-order valence-corrected chi connectivity index (χ4v) is 6.20. The lowest BCUT2D eigenvalue weighted by atomic mass is 9.46. The highest BCUT2D eigenvalue weighted by Crippen LogP contribution is 2.63. The number of allylic oxidation sites excluding steroid dienone is 2. The molecule has 3 aliphatic carbocycles. The Morgan fingerprint density at radius 3 is 2.57 bits per heavy atom. The summed E-state index contributed by atoms with van der Waals surface area (Å²) < 4.78 is 0. The predicted molar refractivity (Wildman–Crippen MR) is 88.1 cm³/mol. The van der Waals surface area contributed by atoms with Gasteiger partial charge in [0, 0.05) is 6.42 Å². The summed E-state index contributed by atoms with van der Waals surface area (Å²) in [4.78, 5) is 12.4. The lowest BCUT2D eigenvalue weighted by Gasteiger charge is -2.59. The Labute approximate surface area is 130 Å². The zero-order valence-corrected chi connectivity index (χ0v) is 14.4. The van der Waals surface area contributed by atoms with Crippen LogP contribution in [0.3, 0.4) is 0 Å². The Balaban J connectivity index is 2.01. The van der Waals surface area contributed by atoms with Gasteiger partial charge in [0.05, 0.1) is 0 Å². The number of hydrogen-bond acceptors (Lipinski definition) is 1. The summed E-state index contributed by atoms with van der Waals surface area (Å²) in [6.45, 7) is 9.75. The molecule has 2 saturated carbocycles. The third kappa shape index (κ3) is 2.32. The highest BCUT2D eigenvalue weighted by molar-refractivity contribution is 5.97. The van der Waals surface area contributed by atoms with E-state index in [9.17, 15) is 4.79 Å². The maximum absolute atomic E-state index is 12.4. The molecule has 3 atom stereocenters. The van der Waals surface area contributed by atoms with E-state index in [0.717, 1.165) is 31.6 Å². The van der Waals surface area contributed by atoms with Crippen LogP contribution in [-0.4, -0.2) is 5.78 Å². The van der Waals surface area contributed by atoms with Crippen molar-refractivity contribution in [3.8, 4) is 0 Å². The SMILES string of the molecule is CCCC1=C2CCC3C(C)(C)CCCC3(C)C2CCC1=O. The van der Waals surface area contributed by atoms with Gasteiger partial charge < -0.3 is 0 Å². The van der Waals surface area contributed by atoms with Crippen LogP contribution in [0.25, 0.3) is 0 Å². The molecule has 118 valence electrons. The Kier molecular flexibility index (Phi) is 3.83. The van der Waals surface area contributed by atoms with E-state index in [1.807, 2.05) is 0 Å². The number of hydrogen-bond donors (Lipinski definition) is 0. The van der Waals surface area contributed by atoms with Crippen molar-refractivity contribution in [3.05, 3.63) is 11.1 Å². The largest absolute Gasteiger partial charge is 0.295 e. The van der Waals surface area contributed by atoms with E-state index in [4.69, 9.17) is 0 Å². The van der Waals surface area contributed by atoms with Crippen molar-refractivity contribution >= 4 is 5.78 Å². The van der Waals surface area contributed by atoms with Gasteiger partial charge in [-0.25, -0.2) is 0 Å². The van der Waals surface area contributed by atoms with Crippen LogP contribution in [0.4, 0.5) is 0 Å². The number of carbonyl (C=O) groups excluding carboxylic acids is 1. The van der Waals surface area contributed by atoms with Gasteiger partial charge in [-0.05, 0) is 66.8 Å². The lowest BCUT2D eigenvalue weighted by molar-refractivity contribution is -0.118. The third-order valence-electron chi connectivity index (χ3n) is 7.08. The number of fused-ring (bicyclic) bond motifs is 3. The van der Waals surface area contributed by atoms with Gasteiger partial charge in [0.2, 0.25) is 0 Å². The van der Waals surface area contributed by atoms with Crippen LogP contribution in [0.2, 0.25) is 0 Å². The van der Waals surface area contributed by atoms with Crippen molar-refractivity contribution in [2.45, 2.75) is 85.5 Å². The molecule has 0 aliphatic heterocycles. The molecule has 0 spiro atoms. The Morgan fingerprint density at radius 2 is 1.86 bits per heavy atom. The Morgan fingerprint density at radius 1 is 1.10 bits per heavy atom. The van der Waals surface area contributed by atoms with Crippen molar-refractivity contribution < 1.29 is 4.79 Å². The molecule has 0 aromatic carbocycles. The van der Waals surface area contributed by atoms with Crippen LogP contribution in [0.15, 0.2) is 11.1 Å². The standard InChI is InChI=1S/C20H32O/c1-5-7-15-14-8-11-18-19(2,3)12-6-13-20(18,4)16(14)9-10-17(15)21/h16,18H,5-13H2,1-4H3. The van der Waals surface area contributed by atoms with Crippen LogP contribution >= 0.6 is 0 Å². The van der Waals surface area contributed by atoms with Crippen LogP contribution in [0.1, 0.15) is 85.5 Å². The van der Waals surface area contributed by atoms with Gasteiger partial charge in [-0.1, -0.05) is 46.1 Å². The number of rotatable bonds is 2. The fourth-order valence-electron chi connectivity index (χ4n) is 6.20. The van der Waals surface area contributed by atoms with E-state index in [0.29, 0.717) is 22.5 Å². The maximum atomic E-state index is 12.4. The Hall–Kier alpha value is -0.590. The molecule has 0 amide bonds. The molecule has 0 bridgehead atoms. The average Bonchev–Trinajstić information content (AvgIpc) is 2.41. The minimum Gasteiger partial charge on any atom is -0.295 e. The molecule has 0 radical (unpaired) electrons. The van der Waals surface area contributed by atoms with Gasteiger partial charge in [-0.15, -0.1) is 0 Å². The second kappa shape index (κ2) is 5.25. The molecular weight excluding hydrogens is 256 g/mol. The number of carbonyl (C=O) groups is 1. The van der Waals surface area contributed by atoms with Crippen LogP contribution < -0.4 is 0 Å². The molecule has 1 heteroatoms. The molecule has 0 N–H and O–H groups in total. The van der Waals surface area contributed by atoms with Crippen LogP contribution in [0.5, 0.6) is 0 Å². The first-order chi connectivity index (χ1) is 9.90. The first-order valence-electron chi connectivity index (χ1n) is 9.15. The first-order valence-corrected chi connectivity index (χ1v) is 9.15. The quantitative estimate of drug-likeness (QED) is 0.638. The lowest BCUT2D eigenvalue weighted by Crippen LogP contribution is -2.50. The van der Waals surface area contributed by atoms with Gasteiger partial charge in [-0.2, -0.15) is 0 Å². The molecular formula is C20H32O. The maximum Gasteiger partial charge on any atom is 0.158 e. The average molecular weight is 288 g/mol. The summed E-state index contributed by atoms with van der Waals surface area (Å²) in [5.74, 6) is 2.03. The number of Topliss-reactive ketones (excluding diaryl/α,β-unsaturated/α-hetero) is 1. The molecule has 2 fully saturated rings. The fraction of sp³-hybridized carbons (Fsp3) is 0.850. The monoisotopic (exact) mass is 288 g/mol. The molecule has 1 nitrogen and oxygen atoms in total. The smallest absolute Gasteiger partial charge is 0.158 e. The predicted octanol–water partition coefficient (Wildman–Crippen LogP) is 5.69. The zero-order valence-electron chi connectivity index (χ0n) is 14.4. The first kappa shape index (κ1) is 15.3. The minimum atomic E-state index is 0.453. The van der Waals surface area contributed by atoms with Crippen LogP contribution in [0, 0.1) is 22.7 Å². The van der Waals surface area contributed by atoms with Crippen molar-refractivity contribution in [1.82, 2.24) is 0 Å². The normalized spacial score (nSPS) is 39.0. The van der Waals surface area contributed by atoms with Gasteiger partial charge >= 0.3 is 0 Å². The highest BCUT2D eigenvalue weighted by Gasteiger charge is 2.54. The number of ketones is 1. The minimum absolute atomic E-state index is 0.453. The summed E-state index contributed by atoms with van der Waals surface area (Å²) in [6, 6.07) is 0. The molecule has 3 aliphatic rings. The molecule has 3 unspecified atom stereocenters. The van der Waals surface area contributed by atoms with Gasteiger partial charge in [0.25, 0.3) is 0 Å². The van der Waals surface area contributed by atoms with E-state index in [1.54, 1.807) is 5.57 Å². The second-order valence-electron chi connectivity index (χ2n) is 8.71. The van der Waals surface area contributed by atoms with Gasteiger partial charge in [-0.3, -0.25) is 4.79 Å².